The third-order valence-electron chi connectivity index (χ3n) is 3.64. The first-order valence-corrected chi connectivity index (χ1v) is 8.84. The van der Waals surface area contributed by atoms with Crippen LogP contribution in [0.2, 0.25) is 5.02 Å². The summed E-state index contributed by atoms with van der Waals surface area (Å²) in [4.78, 5) is 24.2. The minimum Gasteiger partial charge on any atom is -0.494 e. The average Bonchev–Trinajstić information content (AvgIpc) is 2.61. The summed E-state index contributed by atoms with van der Waals surface area (Å²) in [5.74, 6) is -0.0880. The number of rotatable bonds is 8. The fraction of sp³-hybridized carbons (Fsp3) is 0.300. The van der Waals surface area contributed by atoms with Gasteiger partial charge in [0.15, 0.2) is 6.10 Å². The maximum atomic E-state index is 12.1. The molecular weight excluding hydrogens is 354 g/mol. The minimum atomic E-state index is -0.899. The number of carbonyl (C=O) groups excluding carboxylic acids is 2. The Balaban J connectivity index is 1.84. The summed E-state index contributed by atoms with van der Waals surface area (Å²) in [6.07, 6.45) is -0.250. The molecule has 0 saturated heterocycles. The molecule has 0 fully saturated rings. The van der Waals surface area contributed by atoms with Crippen molar-refractivity contribution in [1.82, 2.24) is 0 Å². The molecule has 6 heteroatoms. The van der Waals surface area contributed by atoms with E-state index in [0.29, 0.717) is 23.7 Å². The van der Waals surface area contributed by atoms with Crippen LogP contribution in [0.3, 0.4) is 0 Å². The molecule has 2 aromatic carbocycles. The van der Waals surface area contributed by atoms with E-state index in [-0.39, 0.29) is 6.42 Å². The molecule has 1 N–H and O–H groups in total. The smallest absolute Gasteiger partial charge is 0.306 e. The Bertz CT molecular complexity index is 763. The standard InChI is InChI=1S/C20H22ClNO4/c1-3-25-18-10-5-4-7-15(18)11-12-19(23)26-14(2)20(24)22-17-9-6-8-16(21)13-17/h4-10,13-14H,3,11-12H2,1-2H3,(H,22,24)/t14-/m1/s1. The molecule has 0 bridgehead atoms. The van der Waals surface area contributed by atoms with Crippen LogP contribution in [0.25, 0.3) is 0 Å². The van der Waals surface area contributed by atoms with Gasteiger partial charge in [0.2, 0.25) is 0 Å². The lowest BCUT2D eigenvalue weighted by molar-refractivity contribution is -0.153. The van der Waals surface area contributed by atoms with Crippen LogP contribution in [-0.2, 0) is 20.7 Å². The fourth-order valence-corrected chi connectivity index (χ4v) is 2.55. The number of carbonyl (C=O) groups is 2. The van der Waals surface area contributed by atoms with Gasteiger partial charge < -0.3 is 14.8 Å². The molecule has 1 amide bonds. The van der Waals surface area contributed by atoms with Crippen LogP contribution in [-0.4, -0.2) is 24.6 Å². The summed E-state index contributed by atoms with van der Waals surface area (Å²) < 4.78 is 10.7. The molecule has 0 radical (unpaired) electrons. The van der Waals surface area contributed by atoms with E-state index in [4.69, 9.17) is 21.1 Å². The average molecular weight is 376 g/mol. The SMILES string of the molecule is CCOc1ccccc1CCC(=O)O[C@H](C)C(=O)Nc1cccc(Cl)c1. The molecule has 0 unspecified atom stereocenters. The van der Waals surface area contributed by atoms with E-state index < -0.39 is 18.0 Å². The lowest BCUT2D eigenvalue weighted by Crippen LogP contribution is -2.30. The van der Waals surface area contributed by atoms with E-state index in [2.05, 4.69) is 5.32 Å². The third-order valence-corrected chi connectivity index (χ3v) is 3.88. The van der Waals surface area contributed by atoms with Crippen molar-refractivity contribution in [2.24, 2.45) is 0 Å². The van der Waals surface area contributed by atoms with Gasteiger partial charge in [-0.2, -0.15) is 0 Å². The van der Waals surface area contributed by atoms with Gasteiger partial charge in [-0.15, -0.1) is 0 Å². The number of nitrogens with one attached hydrogen (secondary N) is 1. The van der Waals surface area contributed by atoms with Gasteiger partial charge in [-0.25, -0.2) is 0 Å². The zero-order valence-corrected chi connectivity index (χ0v) is 15.6. The highest BCUT2D eigenvalue weighted by Gasteiger charge is 2.18. The number of hydrogen-bond acceptors (Lipinski definition) is 4. The maximum absolute atomic E-state index is 12.1. The van der Waals surface area contributed by atoms with Gasteiger partial charge in [0.05, 0.1) is 6.61 Å². The molecule has 0 saturated carbocycles. The number of hydrogen-bond donors (Lipinski definition) is 1. The van der Waals surface area contributed by atoms with Crippen LogP contribution in [0.1, 0.15) is 25.8 Å². The Kier molecular flexibility index (Phi) is 7.48. The molecular formula is C20H22ClNO4. The Morgan fingerprint density at radius 3 is 2.65 bits per heavy atom. The van der Waals surface area contributed by atoms with Crippen molar-refractivity contribution >= 4 is 29.2 Å². The summed E-state index contributed by atoms with van der Waals surface area (Å²) in [6.45, 7) is 4.00. The second kappa shape index (κ2) is 9.82. The van der Waals surface area contributed by atoms with Crippen molar-refractivity contribution in [2.45, 2.75) is 32.8 Å². The second-order valence-electron chi connectivity index (χ2n) is 5.67. The van der Waals surface area contributed by atoms with Crippen molar-refractivity contribution in [1.29, 1.82) is 0 Å². The Labute approximate surface area is 158 Å². The monoisotopic (exact) mass is 375 g/mol. The van der Waals surface area contributed by atoms with Gasteiger partial charge in [-0.05, 0) is 50.1 Å². The number of benzene rings is 2. The summed E-state index contributed by atoms with van der Waals surface area (Å²) >= 11 is 5.88. The Morgan fingerprint density at radius 1 is 1.15 bits per heavy atom. The summed E-state index contributed by atoms with van der Waals surface area (Å²) in [6, 6.07) is 14.3. The van der Waals surface area contributed by atoms with Crippen molar-refractivity contribution in [2.75, 3.05) is 11.9 Å². The summed E-state index contributed by atoms with van der Waals surface area (Å²) in [5, 5.41) is 3.18. The number of ether oxygens (including phenoxy) is 2. The lowest BCUT2D eigenvalue weighted by atomic mass is 10.1. The number of halogens is 1. The zero-order valence-electron chi connectivity index (χ0n) is 14.8. The van der Waals surface area contributed by atoms with Gasteiger partial charge in [0.1, 0.15) is 5.75 Å². The summed E-state index contributed by atoms with van der Waals surface area (Å²) in [5.41, 5.74) is 1.48. The first-order chi connectivity index (χ1) is 12.5. The van der Waals surface area contributed by atoms with E-state index in [0.717, 1.165) is 11.3 Å². The van der Waals surface area contributed by atoms with Crippen LogP contribution in [0.4, 0.5) is 5.69 Å². The van der Waals surface area contributed by atoms with Gasteiger partial charge in [-0.1, -0.05) is 35.9 Å². The molecule has 0 aliphatic heterocycles. The molecule has 0 aromatic heterocycles. The fourth-order valence-electron chi connectivity index (χ4n) is 2.36. The molecule has 5 nitrogen and oxygen atoms in total. The van der Waals surface area contributed by atoms with Crippen LogP contribution in [0.5, 0.6) is 5.75 Å². The highest BCUT2D eigenvalue weighted by molar-refractivity contribution is 6.30. The van der Waals surface area contributed by atoms with Crippen molar-refractivity contribution in [3.63, 3.8) is 0 Å². The number of aryl methyl sites for hydroxylation is 1. The first-order valence-electron chi connectivity index (χ1n) is 8.46. The van der Waals surface area contributed by atoms with Crippen molar-refractivity contribution in [3.8, 4) is 5.75 Å². The number of para-hydroxylation sites is 1. The molecule has 2 rings (SSSR count). The molecule has 1 atom stereocenters. The highest BCUT2D eigenvalue weighted by atomic mass is 35.5. The van der Waals surface area contributed by atoms with Gasteiger partial charge in [0.25, 0.3) is 5.91 Å². The molecule has 0 aliphatic rings. The van der Waals surface area contributed by atoms with E-state index >= 15 is 0 Å². The first kappa shape index (κ1) is 19.8. The van der Waals surface area contributed by atoms with Gasteiger partial charge in [-0.3, -0.25) is 9.59 Å². The molecule has 2 aromatic rings. The van der Waals surface area contributed by atoms with E-state index in [1.165, 1.54) is 6.92 Å². The van der Waals surface area contributed by atoms with Crippen molar-refractivity contribution in [3.05, 3.63) is 59.1 Å². The quantitative estimate of drug-likeness (QED) is 0.701. The molecule has 0 heterocycles. The summed E-state index contributed by atoms with van der Waals surface area (Å²) in [7, 11) is 0. The third kappa shape index (κ3) is 6.08. The minimum absolute atomic E-state index is 0.166. The normalized spacial score (nSPS) is 11.5. The number of amides is 1. The molecule has 138 valence electrons. The Hall–Kier alpha value is -2.53. The predicted octanol–water partition coefficient (Wildman–Crippen LogP) is 4.24. The molecule has 0 aliphatic carbocycles. The van der Waals surface area contributed by atoms with Gasteiger partial charge >= 0.3 is 5.97 Å². The lowest BCUT2D eigenvalue weighted by Gasteiger charge is -2.14. The van der Waals surface area contributed by atoms with E-state index in [1.807, 2.05) is 31.2 Å². The zero-order chi connectivity index (χ0) is 18.9. The van der Waals surface area contributed by atoms with Gasteiger partial charge in [0, 0.05) is 17.1 Å². The molecule has 26 heavy (non-hydrogen) atoms. The van der Waals surface area contributed by atoms with E-state index in [9.17, 15) is 9.59 Å². The predicted molar refractivity (Wildman–Crippen MR) is 102 cm³/mol. The largest absolute Gasteiger partial charge is 0.494 e. The van der Waals surface area contributed by atoms with Crippen LogP contribution in [0.15, 0.2) is 48.5 Å². The second-order valence-corrected chi connectivity index (χ2v) is 6.11. The van der Waals surface area contributed by atoms with Crippen LogP contribution in [0, 0.1) is 0 Å². The highest BCUT2D eigenvalue weighted by Crippen LogP contribution is 2.20. The maximum Gasteiger partial charge on any atom is 0.306 e. The Morgan fingerprint density at radius 2 is 1.92 bits per heavy atom. The molecule has 0 spiro atoms. The van der Waals surface area contributed by atoms with E-state index in [1.54, 1.807) is 24.3 Å². The number of anilines is 1. The van der Waals surface area contributed by atoms with Crippen LogP contribution >= 0.6 is 11.6 Å². The topological polar surface area (TPSA) is 64.6 Å². The number of esters is 1. The van der Waals surface area contributed by atoms with Crippen LogP contribution < -0.4 is 10.1 Å². The van der Waals surface area contributed by atoms with Crippen molar-refractivity contribution < 1.29 is 19.1 Å².